The number of phenolic OH excluding ortho intramolecular Hbond substituents is 1. The molecule has 6 nitrogen and oxygen atoms in total. The molecule has 0 aromatic heterocycles. The number of carbonyl (C=O) groups is 1. The highest BCUT2D eigenvalue weighted by Crippen LogP contribution is 2.41. The third-order valence-corrected chi connectivity index (χ3v) is 5.32. The van der Waals surface area contributed by atoms with Crippen LogP contribution in [0.4, 0.5) is 5.69 Å². The molecule has 3 aromatic rings. The lowest BCUT2D eigenvalue weighted by Gasteiger charge is -2.38. The van der Waals surface area contributed by atoms with Crippen LogP contribution in [0.5, 0.6) is 17.2 Å². The molecule has 1 heterocycles. The van der Waals surface area contributed by atoms with Gasteiger partial charge in [-0.15, -0.1) is 0 Å². The molecule has 4 rings (SSSR count). The summed E-state index contributed by atoms with van der Waals surface area (Å²) in [6, 6.07) is 21.0. The molecular weight excluding hydrogens is 380 g/mol. The Morgan fingerprint density at radius 1 is 0.967 bits per heavy atom. The van der Waals surface area contributed by atoms with E-state index in [4.69, 9.17) is 9.47 Å². The zero-order valence-electron chi connectivity index (χ0n) is 17.0. The first-order chi connectivity index (χ1) is 14.6. The van der Waals surface area contributed by atoms with Gasteiger partial charge in [0, 0.05) is 17.8 Å². The number of phenols is 1. The smallest absolute Gasteiger partial charge is 0.257 e. The van der Waals surface area contributed by atoms with Crippen molar-refractivity contribution in [2.45, 2.75) is 12.6 Å². The number of fused-ring (bicyclic) bond motifs is 1. The molecule has 1 aliphatic heterocycles. The summed E-state index contributed by atoms with van der Waals surface area (Å²) in [6.07, 6.45) is 0.291. The van der Waals surface area contributed by atoms with Crippen molar-refractivity contribution in [3.8, 4) is 17.2 Å². The van der Waals surface area contributed by atoms with Gasteiger partial charge >= 0.3 is 0 Å². The van der Waals surface area contributed by atoms with E-state index < -0.39 is 6.17 Å². The fraction of sp³-hybridized carbons (Fsp3) is 0.208. The van der Waals surface area contributed by atoms with E-state index >= 15 is 0 Å². The van der Waals surface area contributed by atoms with Crippen molar-refractivity contribution in [2.75, 3.05) is 26.1 Å². The van der Waals surface area contributed by atoms with E-state index in [9.17, 15) is 9.90 Å². The van der Waals surface area contributed by atoms with Crippen molar-refractivity contribution in [1.82, 2.24) is 4.90 Å². The molecule has 30 heavy (non-hydrogen) atoms. The number of hydrogen-bond donors (Lipinski definition) is 2. The summed E-state index contributed by atoms with van der Waals surface area (Å²) in [5.74, 6) is 0.472. The fourth-order valence-electron chi connectivity index (χ4n) is 3.75. The Hall–Kier alpha value is -3.67. The van der Waals surface area contributed by atoms with E-state index in [1.807, 2.05) is 42.5 Å². The molecule has 0 aliphatic carbocycles. The normalized spacial score (nSPS) is 15.3. The van der Waals surface area contributed by atoms with Gasteiger partial charge in [0.25, 0.3) is 5.91 Å². The molecule has 0 radical (unpaired) electrons. The van der Waals surface area contributed by atoms with Crippen LogP contribution in [0.25, 0.3) is 0 Å². The Morgan fingerprint density at radius 2 is 1.60 bits per heavy atom. The highest BCUT2D eigenvalue weighted by molar-refractivity contribution is 6.01. The highest BCUT2D eigenvalue weighted by atomic mass is 16.5. The van der Waals surface area contributed by atoms with Gasteiger partial charge in [-0.1, -0.05) is 42.5 Å². The van der Waals surface area contributed by atoms with Crippen LogP contribution in [-0.4, -0.2) is 36.7 Å². The Morgan fingerprint density at radius 3 is 2.27 bits per heavy atom. The Bertz CT molecular complexity index is 1030. The molecule has 0 spiro atoms. The van der Waals surface area contributed by atoms with Gasteiger partial charge in [0.1, 0.15) is 6.17 Å². The number of ether oxygens (including phenoxy) is 2. The molecule has 0 unspecified atom stereocenters. The van der Waals surface area contributed by atoms with E-state index in [2.05, 4.69) is 17.4 Å². The maximum Gasteiger partial charge on any atom is 0.257 e. The number of para-hydroxylation sites is 1. The number of amides is 1. The third-order valence-electron chi connectivity index (χ3n) is 5.32. The summed E-state index contributed by atoms with van der Waals surface area (Å²) in [5, 5.41) is 13.8. The molecule has 0 bridgehead atoms. The second-order valence-electron chi connectivity index (χ2n) is 7.10. The number of nitrogens with zero attached hydrogens (tertiary/aromatic N) is 1. The molecule has 1 atom stereocenters. The SMILES string of the molecule is COc1cc([C@H]2Nc3ccccc3C(=O)N2CCc2ccccc2)cc(OC)c1O. The van der Waals surface area contributed by atoms with Crippen LogP contribution in [0.15, 0.2) is 66.7 Å². The van der Waals surface area contributed by atoms with Crippen LogP contribution in [0.3, 0.4) is 0 Å². The molecule has 0 saturated heterocycles. The Balaban J connectivity index is 1.74. The molecule has 1 amide bonds. The zero-order valence-corrected chi connectivity index (χ0v) is 17.0. The van der Waals surface area contributed by atoms with Crippen molar-refractivity contribution in [3.63, 3.8) is 0 Å². The third kappa shape index (κ3) is 3.64. The van der Waals surface area contributed by atoms with Crippen LogP contribution in [0, 0.1) is 0 Å². The summed E-state index contributed by atoms with van der Waals surface area (Å²) in [4.78, 5) is 15.2. The fourth-order valence-corrected chi connectivity index (χ4v) is 3.75. The predicted molar refractivity (Wildman–Crippen MR) is 115 cm³/mol. The van der Waals surface area contributed by atoms with Crippen molar-refractivity contribution in [2.24, 2.45) is 0 Å². The lowest BCUT2D eigenvalue weighted by molar-refractivity contribution is 0.0685. The molecule has 154 valence electrons. The van der Waals surface area contributed by atoms with E-state index in [-0.39, 0.29) is 11.7 Å². The topological polar surface area (TPSA) is 71.0 Å². The average Bonchev–Trinajstić information content (AvgIpc) is 2.79. The molecule has 6 heteroatoms. The van der Waals surface area contributed by atoms with Crippen molar-refractivity contribution >= 4 is 11.6 Å². The van der Waals surface area contributed by atoms with Crippen LogP contribution in [-0.2, 0) is 6.42 Å². The number of nitrogens with one attached hydrogen (secondary N) is 1. The summed E-state index contributed by atoms with van der Waals surface area (Å²) in [5.41, 5.74) is 3.33. The Labute approximate surface area is 175 Å². The summed E-state index contributed by atoms with van der Waals surface area (Å²) < 4.78 is 10.6. The predicted octanol–water partition coefficient (Wildman–Crippen LogP) is 4.22. The average molecular weight is 404 g/mol. The van der Waals surface area contributed by atoms with Gasteiger partial charge in [-0.3, -0.25) is 4.79 Å². The number of hydrogen-bond acceptors (Lipinski definition) is 5. The minimum absolute atomic E-state index is 0.0451. The van der Waals surface area contributed by atoms with Crippen molar-refractivity contribution in [1.29, 1.82) is 0 Å². The van der Waals surface area contributed by atoms with E-state index in [1.54, 1.807) is 17.0 Å². The number of methoxy groups -OCH3 is 2. The lowest BCUT2D eigenvalue weighted by atomic mass is 10.0. The lowest BCUT2D eigenvalue weighted by Crippen LogP contribution is -2.44. The summed E-state index contributed by atoms with van der Waals surface area (Å²) >= 11 is 0. The standard InChI is InChI=1S/C24H24N2O4/c1-29-20-14-17(15-21(30-2)22(20)27)23-25-19-11-7-6-10-18(19)24(28)26(23)13-12-16-8-4-3-5-9-16/h3-11,14-15,23,25,27H,12-13H2,1-2H3/t23-/m0/s1. The molecule has 0 saturated carbocycles. The minimum atomic E-state index is -0.431. The van der Waals surface area contributed by atoms with Crippen molar-refractivity contribution < 1.29 is 19.4 Å². The monoisotopic (exact) mass is 404 g/mol. The first-order valence-corrected chi connectivity index (χ1v) is 9.77. The largest absolute Gasteiger partial charge is 0.502 e. The van der Waals surface area contributed by atoms with Gasteiger partial charge in [-0.2, -0.15) is 0 Å². The molecular formula is C24H24N2O4. The number of benzene rings is 3. The summed E-state index contributed by atoms with van der Waals surface area (Å²) in [6.45, 7) is 0.528. The zero-order chi connectivity index (χ0) is 21.1. The quantitative estimate of drug-likeness (QED) is 0.644. The second kappa shape index (κ2) is 8.37. The summed E-state index contributed by atoms with van der Waals surface area (Å²) in [7, 11) is 2.97. The molecule has 2 N–H and O–H groups in total. The Kier molecular flexibility index (Phi) is 5.48. The van der Waals surface area contributed by atoms with Gasteiger partial charge in [0.15, 0.2) is 11.5 Å². The van der Waals surface area contributed by atoms with Crippen molar-refractivity contribution in [3.05, 3.63) is 83.4 Å². The van der Waals surface area contributed by atoms with Gasteiger partial charge in [0.2, 0.25) is 5.75 Å². The van der Waals surface area contributed by atoms with Crippen LogP contribution < -0.4 is 14.8 Å². The minimum Gasteiger partial charge on any atom is -0.502 e. The van der Waals surface area contributed by atoms with Gasteiger partial charge < -0.3 is 24.8 Å². The van der Waals surface area contributed by atoms with Crippen LogP contribution in [0.1, 0.15) is 27.7 Å². The van der Waals surface area contributed by atoms with E-state index in [0.29, 0.717) is 23.6 Å². The second-order valence-corrected chi connectivity index (χ2v) is 7.10. The van der Waals surface area contributed by atoms with E-state index in [1.165, 1.54) is 14.2 Å². The maximum atomic E-state index is 13.4. The number of rotatable bonds is 6. The molecule has 3 aromatic carbocycles. The van der Waals surface area contributed by atoms with Crippen LogP contribution in [0.2, 0.25) is 0 Å². The number of aromatic hydroxyl groups is 1. The van der Waals surface area contributed by atoms with Gasteiger partial charge in [0.05, 0.1) is 19.8 Å². The number of anilines is 1. The van der Waals surface area contributed by atoms with Gasteiger partial charge in [-0.05, 0) is 36.2 Å². The van der Waals surface area contributed by atoms with Crippen LogP contribution >= 0.6 is 0 Å². The van der Waals surface area contributed by atoms with E-state index in [0.717, 1.165) is 23.2 Å². The maximum absolute atomic E-state index is 13.4. The molecule has 1 aliphatic rings. The van der Waals surface area contributed by atoms with Gasteiger partial charge in [-0.25, -0.2) is 0 Å². The molecule has 0 fully saturated rings. The number of carbonyl (C=O) groups excluding carboxylic acids is 1. The highest BCUT2D eigenvalue weighted by Gasteiger charge is 2.33. The first-order valence-electron chi connectivity index (χ1n) is 9.77. The first kappa shape index (κ1) is 19.6.